The van der Waals surface area contributed by atoms with Crippen molar-refractivity contribution in [3.05, 3.63) is 59.7 Å². The third-order valence-corrected chi connectivity index (χ3v) is 5.19. The molecule has 4 N–H and O–H groups in total. The summed E-state index contributed by atoms with van der Waals surface area (Å²) in [5.41, 5.74) is 8.86. The van der Waals surface area contributed by atoms with E-state index < -0.39 is 0 Å². The first-order valence-electron chi connectivity index (χ1n) is 10.1. The molecule has 2 aromatic rings. The maximum Gasteiger partial charge on any atom is 0.262 e. The van der Waals surface area contributed by atoms with Crippen LogP contribution in [-0.4, -0.2) is 31.0 Å². The third-order valence-electron chi connectivity index (χ3n) is 5.19. The zero-order chi connectivity index (χ0) is 20.6. The molecule has 2 amide bonds. The summed E-state index contributed by atoms with van der Waals surface area (Å²) in [6.07, 6.45) is 3.35. The predicted octanol–water partition coefficient (Wildman–Crippen LogP) is 2.80. The van der Waals surface area contributed by atoms with Gasteiger partial charge in [0.2, 0.25) is 5.91 Å². The second-order valence-corrected chi connectivity index (χ2v) is 7.66. The van der Waals surface area contributed by atoms with Gasteiger partial charge in [0.1, 0.15) is 5.75 Å². The summed E-state index contributed by atoms with van der Waals surface area (Å²) >= 11 is 0. The van der Waals surface area contributed by atoms with Crippen LogP contribution in [0.15, 0.2) is 48.5 Å². The van der Waals surface area contributed by atoms with Gasteiger partial charge in [-0.15, -0.1) is 0 Å². The predicted molar refractivity (Wildman–Crippen MR) is 114 cm³/mol. The van der Waals surface area contributed by atoms with Crippen molar-refractivity contribution in [1.82, 2.24) is 5.32 Å². The van der Waals surface area contributed by atoms with Gasteiger partial charge in [0.15, 0.2) is 6.61 Å². The van der Waals surface area contributed by atoms with Crippen molar-refractivity contribution in [1.29, 1.82) is 0 Å². The van der Waals surface area contributed by atoms with Crippen molar-refractivity contribution in [2.24, 2.45) is 11.7 Å². The normalized spacial score (nSPS) is 18.3. The Morgan fingerprint density at radius 3 is 2.45 bits per heavy atom. The van der Waals surface area contributed by atoms with Crippen molar-refractivity contribution >= 4 is 17.5 Å². The van der Waals surface area contributed by atoms with E-state index in [-0.39, 0.29) is 30.4 Å². The lowest BCUT2D eigenvalue weighted by atomic mass is 10.1. The van der Waals surface area contributed by atoms with Crippen molar-refractivity contribution in [3.8, 4) is 5.75 Å². The Kier molecular flexibility index (Phi) is 7.25. The number of hydrogen-bond donors (Lipinski definition) is 3. The summed E-state index contributed by atoms with van der Waals surface area (Å²) in [6.45, 7) is 2.55. The lowest BCUT2D eigenvalue weighted by molar-refractivity contribution is -0.124. The van der Waals surface area contributed by atoms with Crippen LogP contribution < -0.4 is 21.1 Å². The number of anilines is 1. The van der Waals surface area contributed by atoms with Crippen LogP contribution in [-0.2, 0) is 16.0 Å². The van der Waals surface area contributed by atoms with Gasteiger partial charge in [-0.3, -0.25) is 9.59 Å². The van der Waals surface area contributed by atoms with Crippen LogP contribution >= 0.6 is 0 Å². The lowest BCUT2D eigenvalue weighted by Crippen LogP contribution is -2.31. The number of ether oxygens (including phenoxy) is 1. The molecule has 0 aliphatic heterocycles. The summed E-state index contributed by atoms with van der Waals surface area (Å²) < 4.78 is 5.55. The molecule has 0 spiro atoms. The van der Waals surface area contributed by atoms with E-state index >= 15 is 0 Å². The Balaban J connectivity index is 1.36. The summed E-state index contributed by atoms with van der Waals surface area (Å²) in [5, 5.41) is 5.80. The maximum atomic E-state index is 12.1. The average Bonchev–Trinajstić information content (AvgIpc) is 3.15. The molecule has 1 fully saturated rings. The van der Waals surface area contributed by atoms with E-state index in [1.807, 2.05) is 55.5 Å². The molecule has 0 radical (unpaired) electrons. The quantitative estimate of drug-likeness (QED) is 0.641. The van der Waals surface area contributed by atoms with Crippen molar-refractivity contribution in [3.63, 3.8) is 0 Å². The van der Waals surface area contributed by atoms with Gasteiger partial charge in [0.25, 0.3) is 5.91 Å². The Morgan fingerprint density at radius 1 is 1.07 bits per heavy atom. The molecule has 1 aliphatic carbocycles. The van der Waals surface area contributed by atoms with Gasteiger partial charge in [-0.2, -0.15) is 0 Å². The van der Waals surface area contributed by atoms with E-state index in [0.29, 0.717) is 12.3 Å². The summed E-state index contributed by atoms with van der Waals surface area (Å²) in [6, 6.07) is 15.4. The molecule has 6 nitrogen and oxygen atoms in total. The summed E-state index contributed by atoms with van der Waals surface area (Å²) in [4.78, 5) is 24.1. The smallest absolute Gasteiger partial charge is 0.262 e. The van der Waals surface area contributed by atoms with Crippen molar-refractivity contribution < 1.29 is 14.3 Å². The number of carbonyl (C=O) groups is 2. The number of amides is 2. The molecular formula is C23H29N3O3. The molecule has 2 aromatic carbocycles. The van der Waals surface area contributed by atoms with E-state index in [9.17, 15) is 9.59 Å². The molecule has 0 aromatic heterocycles. The fraction of sp³-hybridized carbons (Fsp3) is 0.391. The van der Waals surface area contributed by atoms with Gasteiger partial charge in [-0.25, -0.2) is 0 Å². The third kappa shape index (κ3) is 6.61. The fourth-order valence-corrected chi connectivity index (χ4v) is 3.46. The molecule has 6 heteroatoms. The highest BCUT2D eigenvalue weighted by atomic mass is 16.5. The standard InChI is InChI=1S/C23H29N3O3/c1-16-2-8-20(9-3-16)26-22(27)15-29-21-10-4-17(5-11-21)12-13-25-23(28)18-6-7-19(24)14-18/h2-5,8-11,18-19H,6-7,12-15,24H2,1H3,(H,25,28)(H,26,27). The van der Waals surface area contributed by atoms with E-state index in [2.05, 4.69) is 10.6 Å². The minimum absolute atomic E-state index is 0.0488. The van der Waals surface area contributed by atoms with Gasteiger partial charge in [-0.1, -0.05) is 29.8 Å². The second-order valence-electron chi connectivity index (χ2n) is 7.66. The summed E-state index contributed by atoms with van der Waals surface area (Å²) in [5.74, 6) is 0.605. The van der Waals surface area contributed by atoms with Crippen LogP contribution in [0.5, 0.6) is 5.75 Å². The summed E-state index contributed by atoms with van der Waals surface area (Å²) in [7, 11) is 0. The van der Waals surface area contributed by atoms with Gasteiger partial charge in [-0.05, 0) is 62.4 Å². The monoisotopic (exact) mass is 395 g/mol. The fourth-order valence-electron chi connectivity index (χ4n) is 3.46. The minimum atomic E-state index is -0.202. The Morgan fingerprint density at radius 2 is 1.79 bits per heavy atom. The molecule has 3 rings (SSSR count). The highest BCUT2D eigenvalue weighted by molar-refractivity contribution is 5.91. The Bertz CT molecular complexity index is 818. The van der Waals surface area contributed by atoms with Crippen LogP contribution in [0.25, 0.3) is 0 Å². The van der Waals surface area contributed by atoms with Crippen LogP contribution in [0.2, 0.25) is 0 Å². The molecule has 29 heavy (non-hydrogen) atoms. The van der Waals surface area contributed by atoms with E-state index in [0.717, 1.165) is 42.5 Å². The van der Waals surface area contributed by atoms with Crippen LogP contribution in [0.4, 0.5) is 5.69 Å². The molecule has 0 heterocycles. The number of carbonyl (C=O) groups excluding carboxylic acids is 2. The van der Waals surface area contributed by atoms with Gasteiger partial charge in [0, 0.05) is 24.2 Å². The van der Waals surface area contributed by atoms with E-state index in [1.165, 1.54) is 0 Å². The molecule has 2 unspecified atom stereocenters. The van der Waals surface area contributed by atoms with Crippen molar-refractivity contribution in [2.45, 2.75) is 38.6 Å². The number of benzene rings is 2. The lowest BCUT2D eigenvalue weighted by Gasteiger charge is -2.11. The van der Waals surface area contributed by atoms with E-state index in [1.54, 1.807) is 0 Å². The first-order chi connectivity index (χ1) is 14.0. The van der Waals surface area contributed by atoms with Gasteiger partial charge in [0.05, 0.1) is 0 Å². The zero-order valence-electron chi connectivity index (χ0n) is 16.8. The van der Waals surface area contributed by atoms with Crippen LogP contribution in [0.1, 0.15) is 30.4 Å². The maximum absolute atomic E-state index is 12.1. The molecule has 2 atom stereocenters. The number of nitrogens with one attached hydrogen (secondary N) is 2. The van der Waals surface area contributed by atoms with Crippen LogP contribution in [0.3, 0.4) is 0 Å². The molecular weight excluding hydrogens is 366 g/mol. The van der Waals surface area contributed by atoms with E-state index in [4.69, 9.17) is 10.5 Å². The van der Waals surface area contributed by atoms with Gasteiger partial charge >= 0.3 is 0 Å². The Hall–Kier alpha value is -2.86. The number of hydrogen-bond acceptors (Lipinski definition) is 4. The van der Waals surface area contributed by atoms with Crippen LogP contribution in [0, 0.1) is 12.8 Å². The topological polar surface area (TPSA) is 93.5 Å². The number of nitrogens with two attached hydrogens (primary N) is 1. The minimum Gasteiger partial charge on any atom is -0.484 e. The number of aryl methyl sites for hydroxylation is 1. The second kappa shape index (κ2) is 10.1. The molecule has 1 aliphatic rings. The first-order valence-corrected chi connectivity index (χ1v) is 10.1. The zero-order valence-corrected chi connectivity index (χ0v) is 16.8. The highest BCUT2D eigenvalue weighted by Gasteiger charge is 2.27. The molecule has 0 saturated heterocycles. The molecule has 154 valence electrons. The molecule has 0 bridgehead atoms. The van der Waals surface area contributed by atoms with Crippen molar-refractivity contribution in [2.75, 3.05) is 18.5 Å². The Labute approximate surface area is 171 Å². The number of rotatable bonds is 8. The van der Waals surface area contributed by atoms with Gasteiger partial charge < -0.3 is 21.1 Å². The largest absolute Gasteiger partial charge is 0.484 e. The SMILES string of the molecule is Cc1ccc(NC(=O)COc2ccc(CCNC(=O)C3CCC(N)C3)cc2)cc1. The molecule has 1 saturated carbocycles. The highest BCUT2D eigenvalue weighted by Crippen LogP contribution is 2.24. The first kappa shape index (κ1) is 20.9. The average molecular weight is 396 g/mol.